The van der Waals surface area contributed by atoms with Gasteiger partial charge in [-0.05, 0) is 35.6 Å². The molecule has 0 aliphatic carbocycles. The quantitative estimate of drug-likeness (QED) is 0.451. The first-order valence-electron chi connectivity index (χ1n) is 10.9. The zero-order chi connectivity index (χ0) is 20.1. The van der Waals surface area contributed by atoms with Crippen LogP contribution in [0.1, 0.15) is 66.7 Å². The zero-order valence-electron chi connectivity index (χ0n) is 17.2. The second kappa shape index (κ2) is 9.17. The molecule has 3 aromatic rings. The van der Waals surface area contributed by atoms with Crippen molar-refractivity contribution in [3.8, 4) is 11.5 Å². The molecule has 0 saturated heterocycles. The van der Waals surface area contributed by atoms with Crippen molar-refractivity contribution in [2.24, 2.45) is 0 Å². The van der Waals surface area contributed by atoms with E-state index >= 15 is 0 Å². The molecular formula is C27H30O2. The smallest absolute Gasteiger partial charge is 0.126 e. The SMILES string of the molecule is CCCCCCc1ccc([C@H]2c3ccc(O)cc3OC[C@H]2c2ccccc2)cc1. The second-order valence-corrected chi connectivity index (χ2v) is 8.08. The molecule has 2 nitrogen and oxygen atoms in total. The van der Waals surface area contributed by atoms with Gasteiger partial charge in [0.2, 0.25) is 0 Å². The minimum Gasteiger partial charge on any atom is -0.508 e. The van der Waals surface area contributed by atoms with Crippen LogP contribution in [0.25, 0.3) is 0 Å². The summed E-state index contributed by atoms with van der Waals surface area (Å²) in [4.78, 5) is 0. The summed E-state index contributed by atoms with van der Waals surface area (Å²) in [6.45, 7) is 2.87. The lowest BCUT2D eigenvalue weighted by Gasteiger charge is -2.34. The summed E-state index contributed by atoms with van der Waals surface area (Å²) in [6, 6.07) is 25.3. The van der Waals surface area contributed by atoms with Gasteiger partial charge in [-0.15, -0.1) is 0 Å². The molecule has 4 rings (SSSR count). The van der Waals surface area contributed by atoms with Gasteiger partial charge in [-0.25, -0.2) is 0 Å². The molecule has 1 N–H and O–H groups in total. The Bertz CT molecular complexity index is 915. The van der Waals surface area contributed by atoms with Crippen LogP contribution in [-0.2, 0) is 6.42 Å². The third-order valence-corrected chi connectivity index (χ3v) is 6.04. The summed E-state index contributed by atoms with van der Waals surface area (Å²) in [7, 11) is 0. The molecule has 0 fully saturated rings. The maximum absolute atomic E-state index is 9.90. The number of rotatable bonds is 7. The Labute approximate surface area is 174 Å². The highest BCUT2D eigenvalue weighted by molar-refractivity contribution is 5.50. The standard InChI is InChI=1S/C27H30O2/c1-2-3-4-6-9-20-12-14-22(15-13-20)27-24-17-16-23(28)18-26(24)29-19-25(27)21-10-7-5-8-11-21/h5,7-8,10-18,25,27-28H,2-4,6,9,19H2,1H3/t25-,27-/m0/s1. The molecule has 150 valence electrons. The highest BCUT2D eigenvalue weighted by Crippen LogP contribution is 2.46. The molecule has 0 bridgehead atoms. The van der Waals surface area contributed by atoms with Crippen molar-refractivity contribution in [1.29, 1.82) is 0 Å². The molecule has 3 aromatic carbocycles. The van der Waals surface area contributed by atoms with Gasteiger partial charge in [0.25, 0.3) is 0 Å². The van der Waals surface area contributed by atoms with Crippen molar-refractivity contribution in [3.05, 3.63) is 95.1 Å². The van der Waals surface area contributed by atoms with Crippen molar-refractivity contribution in [1.82, 2.24) is 0 Å². The summed E-state index contributed by atoms with van der Waals surface area (Å²) in [6.07, 6.45) is 6.33. The summed E-state index contributed by atoms with van der Waals surface area (Å²) in [5.41, 5.74) is 5.17. The summed E-state index contributed by atoms with van der Waals surface area (Å²) in [5.74, 6) is 1.52. The van der Waals surface area contributed by atoms with Gasteiger partial charge in [-0.1, -0.05) is 86.8 Å². The first kappa shape index (κ1) is 19.6. The van der Waals surface area contributed by atoms with Crippen LogP contribution >= 0.6 is 0 Å². The van der Waals surface area contributed by atoms with E-state index < -0.39 is 0 Å². The molecule has 1 aliphatic rings. The molecule has 29 heavy (non-hydrogen) atoms. The Morgan fingerprint density at radius 3 is 2.41 bits per heavy atom. The maximum atomic E-state index is 9.90. The molecule has 0 radical (unpaired) electrons. The molecule has 0 spiro atoms. The number of aryl methyl sites for hydroxylation is 1. The van der Waals surface area contributed by atoms with Gasteiger partial charge in [0, 0.05) is 23.5 Å². The van der Waals surface area contributed by atoms with Gasteiger partial charge < -0.3 is 9.84 Å². The third-order valence-electron chi connectivity index (χ3n) is 6.04. The number of phenols is 1. The monoisotopic (exact) mass is 386 g/mol. The Kier molecular flexibility index (Phi) is 6.19. The number of aromatic hydroxyl groups is 1. The van der Waals surface area contributed by atoms with E-state index in [4.69, 9.17) is 4.74 Å². The molecular weight excluding hydrogens is 356 g/mol. The van der Waals surface area contributed by atoms with Gasteiger partial charge in [0.05, 0.1) is 6.61 Å². The van der Waals surface area contributed by atoms with Crippen LogP contribution in [-0.4, -0.2) is 11.7 Å². The van der Waals surface area contributed by atoms with Gasteiger partial charge in [-0.2, -0.15) is 0 Å². The van der Waals surface area contributed by atoms with E-state index in [0.717, 1.165) is 17.7 Å². The number of unbranched alkanes of at least 4 members (excludes halogenated alkanes) is 3. The predicted molar refractivity (Wildman–Crippen MR) is 119 cm³/mol. The zero-order valence-corrected chi connectivity index (χ0v) is 17.2. The summed E-state index contributed by atoms with van der Waals surface area (Å²) >= 11 is 0. The van der Waals surface area contributed by atoms with Crippen LogP contribution in [0, 0.1) is 0 Å². The largest absolute Gasteiger partial charge is 0.508 e. The summed E-state index contributed by atoms with van der Waals surface area (Å²) < 4.78 is 6.06. The number of benzene rings is 3. The van der Waals surface area contributed by atoms with Crippen LogP contribution < -0.4 is 4.74 Å². The van der Waals surface area contributed by atoms with Crippen molar-refractivity contribution in [2.75, 3.05) is 6.61 Å². The molecule has 2 atom stereocenters. The molecule has 2 heteroatoms. The van der Waals surface area contributed by atoms with Gasteiger partial charge in [0.1, 0.15) is 11.5 Å². The van der Waals surface area contributed by atoms with E-state index in [2.05, 4.69) is 61.5 Å². The highest BCUT2D eigenvalue weighted by Gasteiger charge is 2.33. The minimum absolute atomic E-state index is 0.218. The normalized spacial score (nSPS) is 18.1. The van der Waals surface area contributed by atoms with Crippen LogP contribution in [0.4, 0.5) is 0 Å². The molecule has 0 saturated carbocycles. The Balaban J connectivity index is 1.64. The Morgan fingerprint density at radius 1 is 0.862 bits per heavy atom. The molecule has 1 heterocycles. The number of ether oxygens (including phenoxy) is 1. The lowest BCUT2D eigenvalue weighted by Crippen LogP contribution is -2.25. The van der Waals surface area contributed by atoms with Crippen molar-refractivity contribution >= 4 is 0 Å². The minimum atomic E-state index is 0.218. The number of hydrogen-bond donors (Lipinski definition) is 1. The van der Waals surface area contributed by atoms with Crippen molar-refractivity contribution in [2.45, 2.75) is 50.9 Å². The fraction of sp³-hybridized carbons (Fsp3) is 0.333. The maximum Gasteiger partial charge on any atom is 0.126 e. The Morgan fingerprint density at radius 2 is 1.66 bits per heavy atom. The molecule has 0 amide bonds. The number of phenolic OH excluding ortho intramolecular Hbond substituents is 1. The Hall–Kier alpha value is -2.74. The van der Waals surface area contributed by atoms with E-state index in [-0.39, 0.29) is 17.6 Å². The second-order valence-electron chi connectivity index (χ2n) is 8.08. The van der Waals surface area contributed by atoms with Crippen LogP contribution in [0.15, 0.2) is 72.8 Å². The lowest BCUT2D eigenvalue weighted by atomic mass is 9.75. The fourth-order valence-corrected chi connectivity index (χ4v) is 4.45. The highest BCUT2D eigenvalue weighted by atomic mass is 16.5. The van der Waals surface area contributed by atoms with Crippen LogP contribution in [0.2, 0.25) is 0 Å². The number of fused-ring (bicyclic) bond motifs is 1. The van der Waals surface area contributed by atoms with Gasteiger partial charge in [0.15, 0.2) is 0 Å². The van der Waals surface area contributed by atoms with Crippen molar-refractivity contribution < 1.29 is 9.84 Å². The van der Waals surface area contributed by atoms with Gasteiger partial charge >= 0.3 is 0 Å². The van der Waals surface area contributed by atoms with Crippen LogP contribution in [0.3, 0.4) is 0 Å². The van der Waals surface area contributed by atoms with E-state index in [0.29, 0.717) is 6.61 Å². The topological polar surface area (TPSA) is 29.5 Å². The first-order valence-corrected chi connectivity index (χ1v) is 10.9. The molecule has 0 unspecified atom stereocenters. The first-order chi connectivity index (χ1) is 14.3. The van der Waals surface area contributed by atoms with E-state index in [9.17, 15) is 5.11 Å². The fourth-order valence-electron chi connectivity index (χ4n) is 4.45. The van der Waals surface area contributed by atoms with Crippen LogP contribution in [0.5, 0.6) is 11.5 Å². The lowest BCUT2D eigenvalue weighted by molar-refractivity contribution is 0.248. The average molecular weight is 387 g/mol. The van der Waals surface area contributed by atoms with E-state index in [1.807, 2.05) is 6.07 Å². The predicted octanol–water partition coefficient (Wildman–Crippen LogP) is 6.82. The van der Waals surface area contributed by atoms with Crippen molar-refractivity contribution in [3.63, 3.8) is 0 Å². The van der Waals surface area contributed by atoms with E-state index in [1.54, 1.807) is 12.1 Å². The average Bonchev–Trinajstić information content (AvgIpc) is 2.77. The summed E-state index contributed by atoms with van der Waals surface area (Å²) in [5, 5.41) is 9.90. The number of hydrogen-bond acceptors (Lipinski definition) is 2. The molecule has 1 aliphatic heterocycles. The molecule has 0 aromatic heterocycles. The van der Waals surface area contributed by atoms with Gasteiger partial charge in [-0.3, -0.25) is 0 Å². The third kappa shape index (κ3) is 4.48. The van der Waals surface area contributed by atoms with E-state index in [1.165, 1.54) is 42.4 Å².